The summed E-state index contributed by atoms with van der Waals surface area (Å²) in [6, 6.07) is 14.0. The molecule has 0 aliphatic rings. The third-order valence-electron chi connectivity index (χ3n) is 3.88. The van der Waals surface area contributed by atoms with Gasteiger partial charge in [0.2, 0.25) is 15.9 Å². The molecule has 0 fully saturated rings. The number of carbonyl (C=O) groups excluding carboxylic acids is 1. The molecule has 1 N–H and O–H groups in total. The molecular formula is C19H23BrN2O4S. The van der Waals surface area contributed by atoms with Gasteiger partial charge >= 0.3 is 0 Å². The molecule has 0 saturated carbocycles. The van der Waals surface area contributed by atoms with Gasteiger partial charge in [-0.25, -0.2) is 8.42 Å². The molecule has 0 heterocycles. The van der Waals surface area contributed by atoms with Crippen molar-refractivity contribution in [3.8, 4) is 5.75 Å². The van der Waals surface area contributed by atoms with Crippen LogP contribution in [-0.2, 0) is 14.8 Å². The molecule has 2 rings (SSSR count). The van der Waals surface area contributed by atoms with E-state index in [0.717, 1.165) is 21.9 Å². The molecule has 0 unspecified atom stereocenters. The summed E-state index contributed by atoms with van der Waals surface area (Å²) in [6.07, 6.45) is 1.08. The topological polar surface area (TPSA) is 75.7 Å². The Balaban J connectivity index is 2.10. The van der Waals surface area contributed by atoms with Crippen LogP contribution in [-0.4, -0.2) is 33.7 Å². The lowest BCUT2D eigenvalue weighted by atomic mass is 10.1. The molecule has 0 bridgehead atoms. The van der Waals surface area contributed by atoms with Gasteiger partial charge in [-0.3, -0.25) is 9.10 Å². The summed E-state index contributed by atoms with van der Waals surface area (Å²) in [5, 5.41) is 2.84. The van der Waals surface area contributed by atoms with Crippen LogP contribution in [0.15, 0.2) is 53.0 Å². The van der Waals surface area contributed by atoms with Crippen LogP contribution in [0.1, 0.15) is 25.5 Å². The van der Waals surface area contributed by atoms with Gasteiger partial charge in [0.1, 0.15) is 12.3 Å². The number of nitrogens with one attached hydrogen (secondary N) is 1. The summed E-state index contributed by atoms with van der Waals surface area (Å²) in [6.45, 7) is 4.04. The van der Waals surface area contributed by atoms with Crippen LogP contribution >= 0.6 is 15.9 Å². The largest absolute Gasteiger partial charge is 0.494 e. The van der Waals surface area contributed by atoms with Crippen molar-refractivity contribution in [3.05, 3.63) is 58.6 Å². The third-order valence-corrected chi connectivity index (χ3v) is 5.67. The van der Waals surface area contributed by atoms with E-state index in [0.29, 0.717) is 16.8 Å². The predicted octanol–water partition coefficient (Wildman–Crippen LogP) is 3.49. The van der Waals surface area contributed by atoms with Gasteiger partial charge in [-0.05, 0) is 59.6 Å². The van der Waals surface area contributed by atoms with Crippen LogP contribution in [0.4, 0.5) is 5.69 Å². The smallest absolute Gasteiger partial charge is 0.241 e. The molecule has 6 nitrogen and oxygen atoms in total. The quantitative estimate of drug-likeness (QED) is 0.661. The summed E-state index contributed by atoms with van der Waals surface area (Å²) in [5.74, 6) is 0.370. The van der Waals surface area contributed by atoms with Crippen molar-refractivity contribution in [2.75, 3.05) is 23.7 Å². The molecule has 2 aromatic rings. The number of sulfonamides is 1. The van der Waals surface area contributed by atoms with E-state index in [1.807, 2.05) is 38.1 Å². The number of hydrogen-bond acceptors (Lipinski definition) is 4. The molecule has 0 aliphatic carbocycles. The van der Waals surface area contributed by atoms with E-state index in [9.17, 15) is 13.2 Å². The van der Waals surface area contributed by atoms with Crippen molar-refractivity contribution in [1.82, 2.24) is 5.32 Å². The van der Waals surface area contributed by atoms with Crippen LogP contribution in [0.2, 0.25) is 0 Å². The minimum Gasteiger partial charge on any atom is -0.494 e. The third kappa shape index (κ3) is 5.97. The molecule has 0 spiro atoms. The molecule has 2 aromatic carbocycles. The Morgan fingerprint density at radius 1 is 1.19 bits per heavy atom. The zero-order valence-corrected chi connectivity index (χ0v) is 17.9. The average Bonchev–Trinajstić information content (AvgIpc) is 2.60. The molecule has 0 saturated heterocycles. The van der Waals surface area contributed by atoms with E-state index < -0.39 is 15.9 Å². The Bertz CT molecular complexity index is 885. The number of carbonyl (C=O) groups is 1. The lowest BCUT2D eigenvalue weighted by molar-refractivity contribution is -0.120. The van der Waals surface area contributed by atoms with Crippen LogP contribution in [0.5, 0.6) is 5.75 Å². The highest BCUT2D eigenvalue weighted by Crippen LogP contribution is 2.27. The SMILES string of the molecule is CCOc1ccc([C@@H](C)NC(=O)CN(c2ccccc2Br)S(C)(=O)=O)cc1. The second kappa shape index (κ2) is 9.23. The second-order valence-electron chi connectivity index (χ2n) is 6.01. The van der Waals surface area contributed by atoms with Gasteiger partial charge in [0, 0.05) is 4.47 Å². The summed E-state index contributed by atoms with van der Waals surface area (Å²) >= 11 is 3.34. The first kappa shape index (κ1) is 21.2. The monoisotopic (exact) mass is 454 g/mol. The molecule has 27 heavy (non-hydrogen) atoms. The number of nitrogens with zero attached hydrogens (tertiary/aromatic N) is 1. The van der Waals surface area contributed by atoms with Gasteiger partial charge < -0.3 is 10.1 Å². The predicted molar refractivity (Wildman–Crippen MR) is 111 cm³/mol. The number of anilines is 1. The van der Waals surface area contributed by atoms with Crippen LogP contribution in [0.3, 0.4) is 0 Å². The van der Waals surface area contributed by atoms with E-state index in [4.69, 9.17) is 4.74 Å². The van der Waals surface area contributed by atoms with Crippen molar-refractivity contribution in [1.29, 1.82) is 0 Å². The highest BCUT2D eigenvalue weighted by atomic mass is 79.9. The molecule has 1 amide bonds. The molecule has 0 radical (unpaired) electrons. The molecule has 0 aliphatic heterocycles. The van der Waals surface area contributed by atoms with Crippen molar-refractivity contribution in [2.45, 2.75) is 19.9 Å². The minimum absolute atomic E-state index is 0.270. The molecule has 1 atom stereocenters. The summed E-state index contributed by atoms with van der Waals surface area (Å²) in [7, 11) is -3.62. The van der Waals surface area contributed by atoms with E-state index >= 15 is 0 Å². The normalized spacial score (nSPS) is 12.3. The van der Waals surface area contributed by atoms with Crippen molar-refractivity contribution in [3.63, 3.8) is 0 Å². The summed E-state index contributed by atoms with van der Waals surface area (Å²) in [5.41, 5.74) is 1.32. The zero-order valence-electron chi connectivity index (χ0n) is 15.5. The number of hydrogen-bond donors (Lipinski definition) is 1. The Morgan fingerprint density at radius 2 is 1.81 bits per heavy atom. The highest BCUT2D eigenvalue weighted by molar-refractivity contribution is 9.10. The standard InChI is InChI=1S/C19H23BrN2O4S/c1-4-26-16-11-9-15(10-12-16)14(2)21-19(23)13-22(27(3,24)25)18-8-6-5-7-17(18)20/h5-12,14H,4,13H2,1-3H3,(H,21,23)/t14-/m1/s1. The number of para-hydroxylation sites is 1. The van der Waals surface area contributed by atoms with E-state index in [2.05, 4.69) is 21.2 Å². The first-order chi connectivity index (χ1) is 12.7. The maximum atomic E-state index is 12.5. The maximum Gasteiger partial charge on any atom is 0.241 e. The summed E-state index contributed by atoms with van der Waals surface area (Å²) in [4.78, 5) is 12.5. The van der Waals surface area contributed by atoms with Crippen LogP contribution in [0, 0.1) is 0 Å². The second-order valence-corrected chi connectivity index (χ2v) is 8.77. The summed E-state index contributed by atoms with van der Waals surface area (Å²) < 4.78 is 31.5. The van der Waals surface area contributed by atoms with E-state index in [-0.39, 0.29) is 12.6 Å². The molecule has 8 heteroatoms. The van der Waals surface area contributed by atoms with Crippen molar-refractivity contribution < 1.29 is 17.9 Å². The van der Waals surface area contributed by atoms with Gasteiger partial charge in [0.25, 0.3) is 0 Å². The van der Waals surface area contributed by atoms with E-state index in [1.165, 1.54) is 0 Å². The van der Waals surface area contributed by atoms with Gasteiger partial charge in [-0.2, -0.15) is 0 Å². The fraction of sp³-hybridized carbons (Fsp3) is 0.316. The van der Waals surface area contributed by atoms with Gasteiger partial charge in [-0.1, -0.05) is 24.3 Å². The van der Waals surface area contributed by atoms with Gasteiger partial charge in [0.05, 0.1) is 24.6 Å². The average molecular weight is 455 g/mol. The number of amides is 1. The van der Waals surface area contributed by atoms with Crippen LogP contribution in [0.25, 0.3) is 0 Å². The lowest BCUT2D eigenvalue weighted by Crippen LogP contribution is -2.41. The molecule has 0 aromatic heterocycles. The Hall–Kier alpha value is -2.06. The number of ether oxygens (including phenoxy) is 1. The molecule has 146 valence electrons. The Morgan fingerprint density at radius 3 is 2.37 bits per heavy atom. The number of benzene rings is 2. The van der Waals surface area contributed by atoms with Gasteiger partial charge in [-0.15, -0.1) is 0 Å². The minimum atomic E-state index is -3.62. The lowest BCUT2D eigenvalue weighted by Gasteiger charge is -2.24. The Kier molecular flexibility index (Phi) is 7.26. The maximum absolute atomic E-state index is 12.5. The highest BCUT2D eigenvalue weighted by Gasteiger charge is 2.23. The fourth-order valence-corrected chi connectivity index (χ4v) is 4.04. The zero-order chi connectivity index (χ0) is 20.0. The van der Waals surface area contributed by atoms with E-state index in [1.54, 1.807) is 24.3 Å². The Labute approximate surface area is 168 Å². The number of halogens is 1. The fourth-order valence-electron chi connectivity index (χ4n) is 2.56. The van der Waals surface area contributed by atoms with Crippen molar-refractivity contribution >= 4 is 37.5 Å². The number of rotatable bonds is 8. The van der Waals surface area contributed by atoms with Gasteiger partial charge in [0.15, 0.2) is 0 Å². The van der Waals surface area contributed by atoms with Crippen molar-refractivity contribution in [2.24, 2.45) is 0 Å². The first-order valence-corrected chi connectivity index (χ1v) is 11.1. The van der Waals surface area contributed by atoms with Crippen LogP contribution < -0.4 is 14.4 Å². The molecular weight excluding hydrogens is 432 g/mol. The first-order valence-electron chi connectivity index (χ1n) is 8.46.